The molecule has 0 radical (unpaired) electrons. The van der Waals surface area contributed by atoms with Crippen molar-refractivity contribution in [2.24, 2.45) is 0 Å². The summed E-state index contributed by atoms with van der Waals surface area (Å²) in [6.07, 6.45) is 0.609. The summed E-state index contributed by atoms with van der Waals surface area (Å²) in [7, 11) is -2.14. The van der Waals surface area contributed by atoms with Crippen LogP contribution >= 0.6 is 0 Å². The number of sulfonamides is 1. The standard InChI is InChI=1S/C24H22N4O3S/c1-16-26-21-15-18(8-10-23(21)28(16)19-6-4-3-5-7-19)24(29)27-13-12-17-14-20(9-11-22(17)27)32(30,31)25-2/h3-11,14-15,25H,12-13H2,1-2H3. The van der Waals surface area contributed by atoms with Crippen LogP contribution in [-0.2, 0) is 16.4 Å². The zero-order chi connectivity index (χ0) is 22.5. The van der Waals surface area contributed by atoms with Crippen LogP contribution in [0.25, 0.3) is 16.7 Å². The molecule has 0 saturated heterocycles. The number of carbonyl (C=O) groups is 1. The summed E-state index contributed by atoms with van der Waals surface area (Å²) in [6.45, 7) is 2.45. The Morgan fingerprint density at radius 3 is 2.56 bits per heavy atom. The Morgan fingerprint density at radius 2 is 1.81 bits per heavy atom. The molecule has 162 valence electrons. The average Bonchev–Trinajstić information content (AvgIpc) is 3.38. The van der Waals surface area contributed by atoms with Crippen LogP contribution in [0, 0.1) is 6.92 Å². The Balaban J connectivity index is 1.49. The number of imidazole rings is 1. The SMILES string of the molecule is CNS(=O)(=O)c1ccc2c(c1)CCN2C(=O)c1ccc2c(c1)nc(C)n2-c1ccccc1. The van der Waals surface area contributed by atoms with Gasteiger partial charge in [-0.05, 0) is 74.5 Å². The van der Waals surface area contributed by atoms with Gasteiger partial charge in [0.2, 0.25) is 10.0 Å². The van der Waals surface area contributed by atoms with Gasteiger partial charge >= 0.3 is 0 Å². The van der Waals surface area contributed by atoms with Crippen LogP contribution in [0.1, 0.15) is 21.7 Å². The number of aryl methyl sites for hydroxylation is 1. The van der Waals surface area contributed by atoms with Gasteiger partial charge in [0.1, 0.15) is 5.82 Å². The van der Waals surface area contributed by atoms with Crippen LogP contribution in [0.2, 0.25) is 0 Å². The summed E-state index contributed by atoms with van der Waals surface area (Å²) >= 11 is 0. The molecule has 1 aliphatic rings. The maximum atomic E-state index is 13.3. The fraction of sp³-hybridized carbons (Fsp3) is 0.167. The molecule has 7 nitrogen and oxygen atoms in total. The molecule has 0 aliphatic carbocycles. The first-order valence-electron chi connectivity index (χ1n) is 10.3. The van der Waals surface area contributed by atoms with Gasteiger partial charge in [-0.15, -0.1) is 0 Å². The molecule has 3 aromatic carbocycles. The number of carbonyl (C=O) groups excluding carboxylic acids is 1. The maximum Gasteiger partial charge on any atom is 0.258 e. The Hall–Kier alpha value is -3.49. The molecular weight excluding hydrogens is 424 g/mol. The fourth-order valence-corrected chi connectivity index (χ4v) is 5.05. The average molecular weight is 447 g/mol. The molecule has 1 aromatic heterocycles. The minimum atomic E-state index is -3.52. The van der Waals surface area contributed by atoms with Gasteiger partial charge in [0.15, 0.2) is 0 Å². The molecular formula is C24H22N4O3S. The van der Waals surface area contributed by atoms with Gasteiger partial charge in [-0.2, -0.15) is 0 Å². The minimum Gasteiger partial charge on any atom is -0.308 e. The molecule has 1 N–H and O–H groups in total. The molecule has 0 unspecified atom stereocenters. The van der Waals surface area contributed by atoms with Crippen LogP contribution < -0.4 is 9.62 Å². The highest BCUT2D eigenvalue weighted by Gasteiger charge is 2.27. The van der Waals surface area contributed by atoms with E-state index in [4.69, 9.17) is 0 Å². The minimum absolute atomic E-state index is 0.123. The van der Waals surface area contributed by atoms with E-state index in [1.807, 2.05) is 55.5 Å². The summed E-state index contributed by atoms with van der Waals surface area (Å²) in [4.78, 5) is 19.9. The predicted octanol–water partition coefficient (Wildman–Crippen LogP) is 3.44. The quantitative estimate of drug-likeness (QED) is 0.520. The normalized spacial score (nSPS) is 13.5. The third kappa shape index (κ3) is 3.28. The highest BCUT2D eigenvalue weighted by Crippen LogP contribution is 2.32. The summed E-state index contributed by atoms with van der Waals surface area (Å²) in [5.41, 5.74) is 4.86. The lowest BCUT2D eigenvalue weighted by molar-refractivity contribution is 0.0989. The first-order chi connectivity index (χ1) is 15.4. The van der Waals surface area contributed by atoms with E-state index in [1.165, 1.54) is 13.1 Å². The molecule has 1 aliphatic heterocycles. The number of para-hydroxylation sites is 1. The van der Waals surface area contributed by atoms with E-state index in [9.17, 15) is 13.2 Å². The van der Waals surface area contributed by atoms with Crippen LogP contribution in [0.5, 0.6) is 0 Å². The second-order valence-corrected chi connectivity index (χ2v) is 9.62. The van der Waals surface area contributed by atoms with Crippen LogP contribution in [-0.4, -0.2) is 37.5 Å². The summed E-state index contributed by atoms with van der Waals surface area (Å²) < 4.78 is 28.6. The van der Waals surface area contributed by atoms with Gasteiger partial charge < -0.3 is 4.90 Å². The molecule has 4 aromatic rings. The molecule has 0 bridgehead atoms. The van der Waals surface area contributed by atoms with Gasteiger partial charge in [0.25, 0.3) is 5.91 Å². The van der Waals surface area contributed by atoms with Crippen molar-refractivity contribution in [3.63, 3.8) is 0 Å². The number of hydrogen-bond acceptors (Lipinski definition) is 4. The van der Waals surface area contributed by atoms with Gasteiger partial charge in [-0.3, -0.25) is 9.36 Å². The number of nitrogens with one attached hydrogen (secondary N) is 1. The number of hydrogen-bond donors (Lipinski definition) is 1. The number of fused-ring (bicyclic) bond motifs is 2. The van der Waals surface area contributed by atoms with E-state index in [1.54, 1.807) is 17.0 Å². The second kappa shape index (κ2) is 7.58. The highest BCUT2D eigenvalue weighted by molar-refractivity contribution is 7.89. The second-order valence-electron chi connectivity index (χ2n) is 7.74. The fourth-order valence-electron chi connectivity index (χ4n) is 4.27. The lowest BCUT2D eigenvalue weighted by atomic mass is 10.1. The van der Waals surface area contributed by atoms with E-state index < -0.39 is 10.0 Å². The third-order valence-corrected chi connectivity index (χ3v) is 7.27. The van der Waals surface area contributed by atoms with Crippen molar-refractivity contribution < 1.29 is 13.2 Å². The van der Waals surface area contributed by atoms with Crippen LogP contribution in [0.3, 0.4) is 0 Å². The summed E-state index contributed by atoms with van der Waals surface area (Å²) in [6, 6.07) is 20.4. The van der Waals surface area contributed by atoms with Crippen molar-refractivity contribution in [1.82, 2.24) is 14.3 Å². The number of nitrogens with zero attached hydrogens (tertiary/aromatic N) is 3. The molecule has 5 rings (SSSR count). The molecule has 32 heavy (non-hydrogen) atoms. The van der Waals surface area contributed by atoms with E-state index in [0.717, 1.165) is 33.8 Å². The predicted molar refractivity (Wildman–Crippen MR) is 124 cm³/mol. The van der Waals surface area contributed by atoms with Crippen molar-refractivity contribution in [3.05, 3.63) is 83.7 Å². The molecule has 0 atom stereocenters. The number of anilines is 1. The van der Waals surface area contributed by atoms with Crippen LogP contribution in [0.4, 0.5) is 5.69 Å². The van der Waals surface area contributed by atoms with Crippen LogP contribution in [0.15, 0.2) is 71.6 Å². The maximum absolute atomic E-state index is 13.3. The molecule has 0 fully saturated rings. The topological polar surface area (TPSA) is 84.3 Å². The lowest BCUT2D eigenvalue weighted by Gasteiger charge is -2.18. The lowest BCUT2D eigenvalue weighted by Crippen LogP contribution is -2.28. The smallest absolute Gasteiger partial charge is 0.258 e. The number of rotatable bonds is 4. The third-order valence-electron chi connectivity index (χ3n) is 5.85. The van der Waals surface area contributed by atoms with Crippen molar-refractivity contribution in [2.45, 2.75) is 18.2 Å². The Bertz CT molecular complexity index is 1460. The Labute approximate surface area is 186 Å². The largest absolute Gasteiger partial charge is 0.308 e. The number of aromatic nitrogens is 2. The summed E-state index contributed by atoms with van der Waals surface area (Å²) in [5.74, 6) is 0.724. The molecule has 8 heteroatoms. The molecule has 0 spiro atoms. The number of benzene rings is 3. The molecule has 0 saturated carbocycles. The zero-order valence-electron chi connectivity index (χ0n) is 17.7. The van der Waals surface area contributed by atoms with Crippen molar-refractivity contribution in [3.8, 4) is 5.69 Å². The molecule has 2 heterocycles. The van der Waals surface area contributed by atoms with Gasteiger partial charge in [-0.25, -0.2) is 18.1 Å². The van der Waals surface area contributed by atoms with E-state index in [0.29, 0.717) is 18.5 Å². The monoisotopic (exact) mass is 446 g/mol. The number of amides is 1. The Kier molecular flexibility index (Phi) is 4.83. The first kappa shape index (κ1) is 20.4. The van der Waals surface area contributed by atoms with E-state index in [2.05, 4.69) is 14.3 Å². The van der Waals surface area contributed by atoms with Crippen molar-refractivity contribution in [2.75, 3.05) is 18.5 Å². The van der Waals surface area contributed by atoms with Crippen molar-refractivity contribution in [1.29, 1.82) is 0 Å². The van der Waals surface area contributed by atoms with Gasteiger partial charge in [-0.1, -0.05) is 18.2 Å². The molecule has 1 amide bonds. The van der Waals surface area contributed by atoms with Gasteiger partial charge in [0, 0.05) is 23.5 Å². The summed E-state index contributed by atoms with van der Waals surface area (Å²) in [5, 5.41) is 0. The highest BCUT2D eigenvalue weighted by atomic mass is 32.2. The van der Waals surface area contributed by atoms with E-state index >= 15 is 0 Å². The first-order valence-corrected chi connectivity index (χ1v) is 11.8. The zero-order valence-corrected chi connectivity index (χ0v) is 18.6. The van der Waals surface area contributed by atoms with Crippen molar-refractivity contribution >= 4 is 32.7 Å². The van der Waals surface area contributed by atoms with Gasteiger partial charge in [0.05, 0.1) is 15.9 Å². The van der Waals surface area contributed by atoms with E-state index in [-0.39, 0.29) is 10.8 Å². The Morgan fingerprint density at radius 1 is 1.03 bits per heavy atom.